The van der Waals surface area contributed by atoms with E-state index in [0.29, 0.717) is 0 Å². The van der Waals surface area contributed by atoms with Gasteiger partial charge in [-0.2, -0.15) is 0 Å². The van der Waals surface area contributed by atoms with Gasteiger partial charge < -0.3 is 4.90 Å². The van der Waals surface area contributed by atoms with Crippen LogP contribution in [-0.4, -0.2) is 40.4 Å². The van der Waals surface area contributed by atoms with Crippen LogP contribution >= 0.6 is 0 Å². The van der Waals surface area contributed by atoms with Crippen LogP contribution in [0.2, 0.25) is 0 Å². The van der Waals surface area contributed by atoms with E-state index in [1.165, 1.54) is 24.1 Å². The molecule has 0 saturated carbocycles. The van der Waals surface area contributed by atoms with Gasteiger partial charge in [0.2, 0.25) is 10.0 Å². The molecule has 0 bridgehead atoms. The maximum Gasteiger partial charge on any atom is 0.254 e. The van der Waals surface area contributed by atoms with Crippen molar-refractivity contribution in [2.24, 2.45) is 0 Å². The Morgan fingerprint density at radius 2 is 1.81 bits per heavy atom. The van der Waals surface area contributed by atoms with Gasteiger partial charge in [0.15, 0.2) is 0 Å². The predicted molar refractivity (Wildman–Crippen MR) is 60.7 cm³/mol. The van der Waals surface area contributed by atoms with Crippen molar-refractivity contribution >= 4 is 15.9 Å². The van der Waals surface area contributed by atoms with Crippen molar-refractivity contribution in [3.63, 3.8) is 0 Å². The fourth-order valence-electron chi connectivity index (χ4n) is 1.23. The molecule has 0 aromatic heterocycles. The SMILES string of the molecule is CNS(=O)(=O)c1ccccc1C(=O)N(C)C. The molecule has 1 aromatic carbocycles. The minimum atomic E-state index is -3.60. The third kappa shape index (κ3) is 2.40. The molecule has 0 fully saturated rings. The Hall–Kier alpha value is -1.40. The Labute approximate surface area is 95.1 Å². The van der Waals surface area contributed by atoms with Crippen LogP contribution in [0.5, 0.6) is 0 Å². The first-order valence-corrected chi connectivity index (χ1v) is 6.12. The topological polar surface area (TPSA) is 66.5 Å². The first kappa shape index (κ1) is 12.7. The van der Waals surface area contributed by atoms with Gasteiger partial charge in [0.25, 0.3) is 5.91 Å². The number of hydrogen-bond acceptors (Lipinski definition) is 3. The third-order valence-corrected chi connectivity index (χ3v) is 3.55. The highest BCUT2D eigenvalue weighted by atomic mass is 32.2. The highest BCUT2D eigenvalue weighted by Crippen LogP contribution is 2.16. The van der Waals surface area contributed by atoms with Gasteiger partial charge in [-0.05, 0) is 19.2 Å². The van der Waals surface area contributed by atoms with E-state index in [-0.39, 0.29) is 16.4 Å². The summed E-state index contributed by atoms with van der Waals surface area (Å²) in [7, 11) is 0.856. The van der Waals surface area contributed by atoms with Crippen molar-refractivity contribution in [3.05, 3.63) is 29.8 Å². The zero-order valence-corrected chi connectivity index (χ0v) is 10.2. The second kappa shape index (κ2) is 4.63. The largest absolute Gasteiger partial charge is 0.345 e. The third-order valence-electron chi connectivity index (χ3n) is 2.08. The smallest absolute Gasteiger partial charge is 0.254 e. The van der Waals surface area contributed by atoms with Gasteiger partial charge in [-0.3, -0.25) is 4.79 Å². The van der Waals surface area contributed by atoms with Gasteiger partial charge in [0, 0.05) is 14.1 Å². The van der Waals surface area contributed by atoms with Crippen LogP contribution in [0.1, 0.15) is 10.4 Å². The molecule has 0 unspecified atom stereocenters. The predicted octanol–water partition coefficient (Wildman–Crippen LogP) is 0.296. The maximum atomic E-state index is 11.8. The molecule has 0 saturated heterocycles. The number of nitrogens with zero attached hydrogens (tertiary/aromatic N) is 1. The molecular weight excluding hydrogens is 228 g/mol. The van der Waals surface area contributed by atoms with Crippen molar-refractivity contribution in [1.29, 1.82) is 0 Å². The highest BCUT2D eigenvalue weighted by molar-refractivity contribution is 7.89. The van der Waals surface area contributed by atoms with Crippen LogP contribution in [0.4, 0.5) is 0 Å². The maximum absolute atomic E-state index is 11.8. The zero-order valence-electron chi connectivity index (χ0n) is 9.39. The molecular formula is C10H14N2O3S. The van der Waals surface area contributed by atoms with Crippen LogP contribution in [0.25, 0.3) is 0 Å². The van der Waals surface area contributed by atoms with Crippen molar-refractivity contribution in [1.82, 2.24) is 9.62 Å². The lowest BCUT2D eigenvalue weighted by molar-refractivity contribution is 0.0824. The molecule has 0 radical (unpaired) electrons. The molecule has 0 aliphatic heterocycles. The second-order valence-electron chi connectivity index (χ2n) is 3.40. The minimum Gasteiger partial charge on any atom is -0.345 e. The van der Waals surface area contributed by atoms with Crippen molar-refractivity contribution < 1.29 is 13.2 Å². The molecule has 0 heterocycles. The molecule has 1 rings (SSSR count). The van der Waals surface area contributed by atoms with Crippen LogP contribution in [-0.2, 0) is 10.0 Å². The van der Waals surface area contributed by atoms with Crippen LogP contribution in [0.3, 0.4) is 0 Å². The molecule has 16 heavy (non-hydrogen) atoms. The summed E-state index contributed by atoms with van der Waals surface area (Å²) < 4.78 is 25.5. The van der Waals surface area contributed by atoms with Gasteiger partial charge >= 0.3 is 0 Å². The summed E-state index contributed by atoms with van der Waals surface area (Å²) in [4.78, 5) is 13.1. The van der Waals surface area contributed by atoms with E-state index in [0.717, 1.165) is 0 Å². The standard InChI is InChI=1S/C10H14N2O3S/c1-11-16(14,15)9-7-5-4-6-8(9)10(13)12(2)3/h4-7,11H,1-3H3. The summed E-state index contributed by atoms with van der Waals surface area (Å²) in [5, 5.41) is 0. The van der Waals surface area contributed by atoms with E-state index in [2.05, 4.69) is 4.72 Å². The van der Waals surface area contributed by atoms with Crippen LogP contribution < -0.4 is 4.72 Å². The first-order valence-electron chi connectivity index (χ1n) is 4.64. The lowest BCUT2D eigenvalue weighted by atomic mass is 10.2. The molecule has 0 aliphatic rings. The number of rotatable bonds is 3. The van der Waals surface area contributed by atoms with Gasteiger partial charge in [-0.1, -0.05) is 12.1 Å². The molecule has 0 spiro atoms. The Kier molecular flexibility index (Phi) is 3.66. The fraction of sp³-hybridized carbons (Fsp3) is 0.300. The number of benzene rings is 1. The second-order valence-corrected chi connectivity index (χ2v) is 5.26. The van der Waals surface area contributed by atoms with E-state index in [1.807, 2.05) is 0 Å². The summed E-state index contributed by atoms with van der Waals surface area (Å²) in [6, 6.07) is 6.11. The summed E-state index contributed by atoms with van der Waals surface area (Å²) in [5.74, 6) is -0.338. The first-order chi connectivity index (χ1) is 7.40. The number of nitrogens with one attached hydrogen (secondary N) is 1. The Bertz CT molecular complexity index is 495. The molecule has 0 aliphatic carbocycles. The summed E-state index contributed by atoms with van der Waals surface area (Å²) in [6.07, 6.45) is 0. The van der Waals surface area contributed by atoms with E-state index >= 15 is 0 Å². The average Bonchev–Trinajstić information content (AvgIpc) is 2.28. The van der Waals surface area contributed by atoms with E-state index in [1.54, 1.807) is 26.2 Å². The Balaban J connectivity index is 3.38. The molecule has 1 amide bonds. The molecule has 6 heteroatoms. The highest BCUT2D eigenvalue weighted by Gasteiger charge is 2.21. The van der Waals surface area contributed by atoms with Gasteiger partial charge in [0.1, 0.15) is 0 Å². The van der Waals surface area contributed by atoms with E-state index in [9.17, 15) is 13.2 Å². The number of carbonyl (C=O) groups is 1. The van der Waals surface area contributed by atoms with Crippen molar-refractivity contribution in [2.45, 2.75) is 4.90 Å². The number of carbonyl (C=O) groups excluding carboxylic acids is 1. The molecule has 1 N–H and O–H groups in total. The molecule has 88 valence electrons. The lowest BCUT2D eigenvalue weighted by Gasteiger charge is -2.13. The number of sulfonamides is 1. The Morgan fingerprint density at radius 1 is 1.25 bits per heavy atom. The fourth-order valence-corrected chi connectivity index (χ4v) is 2.15. The summed E-state index contributed by atoms with van der Waals surface area (Å²) in [5.41, 5.74) is 0.168. The van der Waals surface area contributed by atoms with Crippen LogP contribution in [0.15, 0.2) is 29.2 Å². The lowest BCUT2D eigenvalue weighted by Crippen LogP contribution is -2.26. The van der Waals surface area contributed by atoms with Gasteiger partial charge in [-0.15, -0.1) is 0 Å². The van der Waals surface area contributed by atoms with E-state index in [4.69, 9.17) is 0 Å². The molecule has 0 atom stereocenters. The summed E-state index contributed by atoms with van der Waals surface area (Å²) in [6.45, 7) is 0. The number of hydrogen-bond donors (Lipinski definition) is 1. The van der Waals surface area contributed by atoms with Gasteiger partial charge in [0.05, 0.1) is 10.5 Å². The minimum absolute atomic E-state index is 0.00352. The zero-order chi connectivity index (χ0) is 12.3. The Morgan fingerprint density at radius 3 is 2.31 bits per heavy atom. The van der Waals surface area contributed by atoms with Gasteiger partial charge in [-0.25, -0.2) is 13.1 Å². The van der Waals surface area contributed by atoms with Crippen molar-refractivity contribution in [2.75, 3.05) is 21.1 Å². The molecule has 5 nitrogen and oxygen atoms in total. The monoisotopic (exact) mass is 242 g/mol. The average molecular weight is 242 g/mol. The quantitative estimate of drug-likeness (QED) is 0.828. The van der Waals surface area contributed by atoms with Crippen molar-refractivity contribution in [3.8, 4) is 0 Å². The normalized spacial score (nSPS) is 11.2. The summed E-state index contributed by atoms with van der Waals surface area (Å²) >= 11 is 0. The number of amides is 1. The van der Waals surface area contributed by atoms with E-state index < -0.39 is 10.0 Å². The molecule has 1 aromatic rings. The van der Waals surface area contributed by atoms with Crippen LogP contribution in [0, 0.1) is 0 Å².